The molecule has 0 aliphatic heterocycles. The average molecular weight is 441 g/mol. The van der Waals surface area contributed by atoms with Gasteiger partial charge in [0.05, 0.1) is 12.2 Å². The Labute approximate surface area is 180 Å². The zero-order valence-corrected chi connectivity index (χ0v) is 17.5. The molecule has 0 fully saturated rings. The molecule has 0 amide bonds. The third kappa shape index (κ3) is 4.05. The molecule has 4 rings (SSSR count). The predicted molar refractivity (Wildman–Crippen MR) is 118 cm³/mol. The fourth-order valence-corrected chi connectivity index (χ4v) is 4.01. The minimum atomic E-state index is -0.460. The van der Waals surface area contributed by atoms with E-state index in [1.165, 1.54) is 21.9 Å². The van der Waals surface area contributed by atoms with Gasteiger partial charge >= 0.3 is 0 Å². The van der Waals surface area contributed by atoms with Crippen molar-refractivity contribution in [2.45, 2.75) is 13.3 Å². The van der Waals surface area contributed by atoms with E-state index >= 15 is 0 Å². The van der Waals surface area contributed by atoms with Gasteiger partial charge in [0, 0.05) is 11.4 Å². The predicted octanol–water partition coefficient (Wildman–Crippen LogP) is 3.42. The molecule has 1 aromatic carbocycles. The maximum atomic E-state index is 12.6. The number of ether oxygens (including phenoxy) is 1. The molecule has 0 unspecified atom stereocenters. The van der Waals surface area contributed by atoms with Crippen molar-refractivity contribution in [3.05, 3.63) is 85.3 Å². The number of carbonyl (C=O) groups excluding carboxylic acids is 1. The SMILES string of the molecule is CCOC1=C/C(=C\c2c(N)n3nc(Cc4ccc(Cl)cc4)sc3nc2=O)C=CC1=O. The largest absolute Gasteiger partial charge is 0.490 e. The molecule has 3 aromatic rings. The first-order chi connectivity index (χ1) is 14.4. The van der Waals surface area contributed by atoms with Crippen LogP contribution in [0.2, 0.25) is 5.02 Å². The van der Waals surface area contributed by atoms with Crippen LogP contribution in [0.5, 0.6) is 0 Å². The molecule has 2 aromatic heterocycles. The summed E-state index contributed by atoms with van der Waals surface area (Å²) < 4.78 is 6.80. The summed E-state index contributed by atoms with van der Waals surface area (Å²) in [6, 6.07) is 7.47. The molecule has 7 nitrogen and oxygen atoms in total. The Kier molecular flexibility index (Phi) is 5.52. The van der Waals surface area contributed by atoms with Gasteiger partial charge in [0.1, 0.15) is 10.8 Å². The van der Waals surface area contributed by atoms with Crippen molar-refractivity contribution in [2.75, 3.05) is 12.3 Å². The first-order valence-electron chi connectivity index (χ1n) is 9.16. The molecular weight excluding hydrogens is 424 g/mol. The van der Waals surface area contributed by atoms with Crippen LogP contribution in [0.1, 0.15) is 23.1 Å². The van der Waals surface area contributed by atoms with Gasteiger partial charge < -0.3 is 10.5 Å². The van der Waals surface area contributed by atoms with E-state index in [2.05, 4.69) is 10.1 Å². The molecular formula is C21H17ClN4O3S. The molecule has 1 aliphatic carbocycles. The molecule has 2 heterocycles. The number of carbonyl (C=O) groups is 1. The standard InChI is InChI=1S/C21H17ClN4O3S/c1-2-29-17-10-13(5-8-16(17)27)9-15-19(23)26-21(24-20(15)28)30-18(25-26)11-12-3-6-14(22)7-4-12/h3-10H,2,11,23H2,1H3/b13-9-. The average Bonchev–Trinajstić information content (AvgIpc) is 3.12. The van der Waals surface area contributed by atoms with Gasteiger partial charge in [-0.15, -0.1) is 0 Å². The number of nitrogens with zero attached hydrogens (tertiary/aromatic N) is 3. The minimum Gasteiger partial charge on any atom is -0.490 e. The molecule has 0 radical (unpaired) electrons. The van der Waals surface area contributed by atoms with E-state index in [1.54, 1.807) is 25.2 Å². The van der Waals surface area contributed by atoms with Crippen molar-refractivity contribution in [3.8, 4) is 0 Å². The third-order valence-corrected chi connectivity index (χ3v) is 5.54. The Morgan fingerprint density at radius 2 is 2.00 bits per heavy atom. The lowest BCUT2D eigenvalue weighted by Crippen LogP contribution is -2.17. The highest BCUT2D eigenvalue weighted by Crippen LogP contribution is 2.23. The van der Waals surface area contributed by atoms with Gasteiger partial charge in [-0.25, -0.2) is 0 Å². The number of nitrogen functional groups attached to an aromatic ring is 1. The Balaban J connectivity index is 1.71. The number of rotatable bonds is 5. The van der Waals surface area contributed by atoms with Crippen molar-refractivity contribution in [1.82, 2.24) is 14.6 Å². The normalized spacial score (nSPS) is 15.1. The van der Waals surface area contributed by atoms with Gasteiger partial charge in [0.25, 0.3) is 5.56 Å². The molecule has 152 valence electrons. The van der Waals surface area contributed by atoms with Crippen LogP contribution in [-0.2, 0) is 16.0 Å². The van der Waals surface area contributed by atoms with Crippen LogP contribution >= 0.6 is 22.9 Å². The van der Waals surface area contributed by atoms with Crippen LogP contribution in [0.4, 0.5) is 5.82 Å². The van der Waals surface area contributed by atoms with E-state index in [-0.39, 0.29) is 22.9 Å². The highest BCUT2D eigenvalue weighted by Gasteiger charge is 2.16. The maximum Gasteiger partial charge on any atom is 0.283 e. The number of aromatic nitrogens is 3. The van der Waals surface area contributed by atoms with E-state index < -0.39 is 5.56 Å². The number of hydrogen-bond donors (Lipinski definition) is 1. The van der Waals surface area contributed by atoms with Gasteiger partial charge in [-0.1, -0.05) is 41.1 Å². The molecule has 9 heteroatoms. The van der Waals surface area contributed by atoms with Crippen molar-refractivity contribution in [1.29, 1.82) is 0 Å². The van der Waals surface area contributed by atoms with Gasteiger partial charge in [-0.3, -0.25) is 9.59 Å². The van der Waals surface area contributed by atoms with Crippen LogP contribution < -0.4 is 11.3 Å². The number of fused-ring (bicyclic) bond motifs is 1. The number of hydrogen-bond acceptors (Lipinski definition) is 7. The lowest BCUT2D eigenvalue weighted by atomic mass is 10.0. The van der Waals surface area contributed by atoms with Crippen molar-refractivity contribution in [3.63, 3.8) is 0 Å². The number of halogens is 1. The molecule has 2 N–H and O–H groups in total. The van der Waals surface area contributed by atoms with Crippen molar-refractivity contribution < 1.29 is 9.53 Å². The Bertz CT molecular complexity index is 1290. The van der Waals surface area contributed by atoms with Crippen molar-refractivity contribution in [2.24, 2.45) is 0 Å². The summed E-state index contributed by atoms with van der Waals surface area (Å²) in [5.41, 5.74) is 7.64. The Morgan fingerprint density at radius 3 is 2.73 bits per heavy atom. The summed E-state index contributed by atoms with van der Waals surface area (Å²) in [6.07, 6.45) is 6.72. The molecule has 0 saturated heterocycles. The second-order valence-corrected chi connectivity index (χ2v) is 7.97. The zero-order chi connectivity index (χ0) is 21.3. The second kappa shape index (κ2) is 8.25. The van der Waals surface area contributed by atoms with Crippen LogP contribution in [0.15, 0.2) is 58.6 Å². The van der Waals surface area contributed by atoms with Gasteiger partial charge in [0.15, 0.2) is 5.76 Å². The summed E-state index contributed by atoms with van der Waals surface area (Å²) >= 11 is 7.23. The van der Waals surface area contributed by atoms with E-state index in [0.29, 0.717) is 28.6 Å². The highest BCUT2D eigenvalue weighted by atomic mass is 35.5. The maximum absolute atomic E-state index is 12.6. The second-order valence-electron chi connectivity index (χ2n) is 6.49. The summed E-state index contributed by atoms with van der Waals surface area (Å²) in [4.78, 5) is 29.0. The first-order valence-corrected chi connectivity index (χ1v) is 10.4. The Hall–Kier alpha value is -3.23. The molecule has 30 heavy (non-hydrogen) atoms. The number of allylic oxidation sites excluding steroid dienone is 4. The topological polar surface area (TPSA) is 99.6 Å². The Morgan fingerprint density at radius 1 is 1.23 bits per heavy atom. The summed E-state index contributed by atoms with van der Waals surface area (Å²) in [5.74, 6) is 0.184. The van der Waals surface area contributed by atoms with Crippen LogP contribution in [0.25, 0.3) is 11.0 Å². The summed E-state index contributed by atoms with van der Waals surface area (Å²) in [5, 5.41) is 5.95. The van der Waals surface area contributed by atoms with Gasteiger partial charge in [-0.05, 0) is 48.4 Å². The molecule has 0 spiro atoms. The van der Waals surface area contributed by atoms with Gasteiger partial charge in [0.2, 0.25) is 10.7 Å². The van der Waals surface area contributed by atoms with Crippen LogP contribution in [0.3, 0.4) is 0 Å². The molecule has 0 saturated carbocycles. The number of nitrogens with two attached hydrogens (primary N) is 1. The lowest BCUT2D eigenvalue weighted by molar-refractivity contribution is -0.114. The number of anilines is 1. The molecule has 0 atom stereocenters. The van der Waals surface area contributed by atoms with E-state index in [1.807, 2.05) is 24.3 Å². The van der Waals surface area contributed by atoms with Gasteiger partial charge in [-0.2, -0.15) is 14.6 Å². The minimum absolute atomic E-state index is 0.188. The number of benzene rings is 1. The van der Waals surface area contributed by atoms with Crippen LogP contribution in [0, 0.1) is 0 Å². The van der Waals surface area contributed by atoms with E-state index in [0.717, 1.165) is 10.6 Å². The lowest BCUT2D eigenvalue weighted by Gasteiger charge is -2.10. The monoisotopic (exact) mass is 440 g/mol. The van der Waals surface area contributed by atoms with Crippen LogP contribution in [-0.4, -0.2) is 27.0 Å². The fraction of sp³-hybridized carbons (Fsp3) is 0.143. The fourth-order valence-electron chi connectivity index (χ4n) is 2.95. The smallest absolute Gasteiger partial charge is 0.283 e. The summed E-state index contributed by atoms with van der Waals surface area (Å²) in [6.45, 7) is 2.16. The zero-order valence-electron chi connectivity index (χ0n) is 16.0. The highest BCUT2D eigenvalue weighted by molar-refractivity contribution is 7.16. The molecule has 1 aliphatic rings. The van der Waals surface area contributed by atoms with E-state index in [9.17, 15) is 9.59 Å². The summed E-state index contributed by atoms with van der Waals surface area (Å²) in [7, 11) is 0. The first kappa shape index (κ1) is 20.1. The number of ketones is 1. The molecule has 0 bridgehead atoms. The van der Waals surface area contributed by atoms with Crippen molar-refractivity contribution >= 4 is 45.6 Å². The van der Waals surface area contributed by atoms with E-state index in [4.69, 9.17) is 22.1 Å². The third-order valence-electron chi connectivity index (χ3n) is 4.38. The quantitative estimate of drug-likeness (QED) is 0.652.